The van der Waals surface area contributed by atoms with Crippen LogP contribution in [0.5, 0.6) is 0 Å². The van der Waals surface area contributed by atoms with Crippen molar-refractivity contribution in [2.24, 2.45) is 5.92 Å². The van der Waals surface area contributed by atoms with Crippen LogP contribution >= 0.6 is 0 Å². The van der Waals surface area contributed by atoms with Crippen molar-refractivity contribution >= 4 is 0 Å². The van der Waals surface area contributed by atoms with E-state index in [4.69, 9.17) is 4.74 Å². The molecule has 1 nitrogen and oxygen atoms in total. The number of benzene rings is 1. The molecule has 100 valence electrons. The van der Waals surface area contributed by atoms with Gasteiger partial charge in [0, 0.05) is 11.5 Å². The number of hydrogen-bond acceptors (Lipinski definition) is 1. The van der Waals surface area contributed by atoms with Gasteiger partial charge in [-0.3, -0.25) is 0 Å². The van der Waals surface area contributed by atoms with Crippen molar-refractivity contribution in [1.29, 1.82) is 0 Å². The summed E-state index contributed by atoms with van der Waals surface area (Å²) in [7, 11) is 0. The maximum atomic E-state index is 13.9. The standard InChI is InChI=1S/C13H14F4O/c1-7(2)9-5-18-6-10-8(9)3-4-11(12(10)14)13(15,16)17/h3-4,7,9H,5-6H2,1-2H3. The molecule has 18 heavy (non-hydrogen) atoms. The van der Waals surface area contributed by atoms with Crippen LogP contribution in [-0.2, 0) is 17.5 Å². The predicted octanol–water partition coefficient (Wildman–Crippen LogP) is 4.11. The molecule has 1 aromatic rings. The number of ether oxygens (including phenoxy) is 1. The molecule has 1 aliphatic heterocycles. The lowest BCUT2D eigenvalue weighted by Gasteiger charge is -2.29. The topological polar surface area (TPSA) is 9.23 Å². The highest BCUT2D eigenvalue weighted by atomic mass is 19.4. The monoisotopic (exact) mass is 262 g/mol. The molecule has 0 N–H and O–H groups in total. The van der Waals surface area contributed by atoms with Gasteiger partial charge in [-0.2, -0.15) is 13.2 Å². The molecular formula is C13H14F4O. The van der Waals surface area contributed by atoms with Gasteiger partial charge < -0.3 is 4.74 Å². The first-order valence-corrected chi connectivity index (χ1v) is 5.78. The van der Waals surface area contributed by atoms with E-state index >= 15 is 0 Å². The van der Waals surface area contributed by atoms with Gasteiger partial charge in [0.1, 0.15) is 5.82 Å². The van der Waals surface area contributed by atoms with Crippen molar-refractivity contribution in [3.8, 4) is 0 Å². The van der Waals surface area contributed by atoms with E-state index in [1.807, 2.05) is 13.8 Å². The first kappa shape index (κ1) is 13.3. The Labute approximate surface area is 103 Å². The Balaban J connectivity index is 2.53. The molecule has 1 atom stereocenters. The zero-order chi connectivity index (χ0) is 13.5. The van der Waals surface area contributed by atoms with Crippen LogP contribution in [0, 0.1) is 11.7 Å². The number of halogens is 4. The predicted molar refractivity (Wildman–Crippen MR) is 58.6 cm³/mol. The van der Waals surface area contributed by atoms with Gasteiger partial charge in [0.2, 0.25) is 0 Å². The van der Waals surface area contributed by atoms with Crippen LogP contribution in [0.1, 0.15) is 36.5 Å². The third-order valence-corrected chi connectivity index (χ3v) is 3.33. The van der Waals surface area contributed by atoms with Gasteiger partial charge in [0.05, 0.1) is 18.8 Å². The molecule has 0 fully saturated rings. The van der Waals surface area contributed by atoms with Crippen molar-refractivity contribution in [3.63, 3.8) is 0 Å². The van der Waals surface area contributed by atoms with Gasteiger partial charge in [-0.25, -0.2) is 4.39 Å². The summed E-state index contributed by atoms with van der Waals surface area (Å²) in [6.07, 6.45) is -4.66. The van der Waals surface area contributed by atoms with E-state index in [1.165, 1.54) is 6.07 Å². The van der Waals surface area contributed by atoms with Crippen molar-refractivity contribution < 1.29 is 22.3 Å². The van der Waals surface area contributed by atoms with Crippen LogP contribution in [0.2, 0.25) is 0 Å². The summed E-state index contributed by atoms with van der Waals surface area (Å²) < 4.78 is 56.9. The molecule has 0 aliphatic carbocycles. The Morgan fingerprint density at radius 2 is 1.94 bits per heavy atom. The smallest absolute Gasteiger partial charge is 0.376 e. The molecule has 1 heterocycles. The molecule has 0 radical (unpaired) electrons. The summed E-state index contributed by atoms with van der Waals surface area (Å²) in [5, 5.41) is 0. The summed E-state index contributed by atoms with van der Waals surface area (Å²) in [6, 6.07) is 2.21. The molecule has 1 aliphatic rings. The van der Waals surface area contributed by atoms with Crippen molar-refractivity contribution in [3.05, 3.63) is 34.6 Å². The molecule has 2 rings (SSSR count). The summed E-state index contributed by atoms with van der Waals surface area (Å²) in [5.41, 5.74) is -0.522. The Kier molecular flexibility index (Phi) is 3.36. The molecule has 1 unspecified atom stereocenters. The van der Waals surface area contributed by atoms with Gasteiger partial charge in [-0.15, -0.1) is 0 Å². The zero-order valence-electron chi connectivity index (χ0n) is 10.1. The number of rotatable bonds is 1. The zero-order valence-corrected chi connectivity index (χ0v) is 10.1. The largest absolute Gasteiger partial charge is 0.419 e. The van der Waals surface area contributed by atoms with Crippen LogP contribution in [0.4, 0.5) is 17.6 Å². The lowest BCUT2D eigenvalue weighted by atomic mass is 9.84. The van der Waals surface area contributed by atoms with Crippen molar-refractivity contribution in [2.75, 3.05) is 6.61 Å². The summed E-state index contributed by atoms with van der Waals surface area (Å²) >= 11 is 0. The SMILES string of the molecule is CC(C)C1COCc2c1ccc(C(F)(F)F)c2F. The molecule has 5 heteroatoms. The normalized spacial score (nSPS) is 20.1. The van der Waals surface area contributed by atoms with E-state index in [0.717, 1.165) is 6.07 Å². The number of fused-ring (bicyclic) bond motifs is 1. The second kappa shape index (κ2) is 4.53. The molecule has 0 saturated carbocycles. The molecular weight excluding hydrogens is 248 g/mol. The average molecular weight is 262 g/mol. The summed E-state index contributed by atoms with van der Waals surface area (Å²) in [5.74, 6) is -1.05. The molecule has 0 bridgehead atoms. The van der Waals surface area contributed by atoms with Crippen LogP contribution < -0.4 is 0 Å². The van der Waals surface area contributed by atoms with Gasteiger partial charge in [0.25, 0.3) is 0 Å². The first-order valence-electron chi connectivity index (χ1n) is 5.78. The lowest BCUT2D eigenvalue weighted by molar-refractivity contribution is -0.140. The molecule has 0 spiro atoms. The number of hydrogen-bond donors (Lipinski definition) is 0. The third kappa shape index (κ3) is 2.23. The molecule has 1 aromatic carbocycles. The van der Waals surface area contributed by atoms with Crippen LogP contribution in [0.15, 0.2) is 12.1 Å². The molecule has 0 aromatic heterocycles. The van der Waals surface area contributed by atoms with Crippen molar-refractivity contribution in [2.45, 2.75) is 32.5 Å². The second-order valence-corrected chi connectivity index (χ2v) is 4.86. The maximum absolute atomic E-state index is 13.9. The fourth-order valence-electron chi connectivity index (χ4n) is 2.28. The van der Waals surface area contributed by atoms with Gasteiger partial charge in [-0.05, 0) is 17.5 Å². The van der Waals surface area contributed by atoms with E-state index in [2.05, 4.69) is 0 Å². The summed E-state index contributed by atoms with van der Waals surface area (Å²) in [6.45, 7) is 4.22. The minimum absolute atomic E-state index is 0.0504. The molecule has 0 amide bonds. The highest BCUT2D eigenvalue weighted by molar-refractivity contribution is 5.38. The second-order valence-electron chi connectivity index (χ2n) is 4.86. The molecule has 0 saturated heterocycles. The van der Waals surface area contributed by atoms with Crippen molar-refractivity contribution in [1.82, 2.24) is 0 Å². The van der Waals surface area contributed by atoms with E-state index in [9.17, 15) is 17.6 Å². The van der Waals surface area contributed by atoms with E-state index in [1.54, 1.807) is 0 Å². The van der Waals surface area contributed by atoms with E-state index in [-0.39, 0.29) is 24.0 Å². The highest BCUT2D eigenvalue weighted by Gasteiger charge is 2.37. The van der Waals surface area contributed by atoms with Gasteiger partial charge in [0.15, 0.2) is 0 Å². The highest BCUT2D eigenvalue weighted by Crippen LogP contribution is 2.39. The maximum Gasteiger partial charge on any atom is 0.419 e. The Morgan fingerprint density at radius 3 is 2.50 bits per heavy atom. The van der Waals surface area contributed by atoms with Crippen LogP contribution in [-0.4, -0.2) is 6.61 Å². The minimum Gasteiger partial charge on any atom is -0.376 e. The lowest BCUT2D eigenvalue weighted by Crippen LogP contribution is -2.23. The Morgan fingerprint density at radius 1 is 1.28 bits per heavy atom. The first-order chi connectivity index (χ1) is 8.32. The summed E-state index contributed by atoms with van der Waals surface area (Å²) in [4.78, 5) is 0. The van der Waals surface area contributed by atoms with E-state index in [0.29, 0.717) is 12.2 Å². The Bertz CT molecular complexity index is 451. The van der Waals surface area contributed by atoms with Crippen LogP contribution in [0.3, 0.4) is 0 Å². The van der Waals surface area contributed by atoms with Gasteiger partial charge in [-0.1, -0.05) is 19.9 Å². The Hall–Kier alpha value is -1.10. The fraction of sp³-hybridized carbons (Fsp3) is 0.538. The fourth-order valence-corrected chi connectivity index (χ4v) is 2.28. The third-order valence-electron chi connectivity index (χ3n) is 3.33. The van der Waals surface area contributed by atoms with E-state index < -0.39 is 17.6 Å². The number of alkyl halides is 3. The average Bonchev–Trinajstić information content (AvgIpc) is 2.27. The van der Waals surface area contributed by atoms with Crippen LogP contribution in [0.25, 0.3) is 0 Å². The minimum atomic E-state index is -4.66. The van der Waals surface area contributed by atoms with Gasteiger partial charge >= 0.3 is 6.18 Å². The quantitative estimate of drug-likeness (QED) is 0.692.